The monoisotopic (exact) mass is 283 g/mol. The molecule has 0 radical (unpaired) electrons. The molecular formula is C16H26ClNO. The SMILES string of the molecule is CCC(C)NCCOc1cc(C)c(Cl)cc1C(C)C. The van der Waals surface area contributed by atoms with Crippen LogP contribution in [0.15, 0.2) is 12.1 Å². The van der Waals surface area contributed by atoms with Crippen molar-refractivity contribution < 1.29 is 4.74 Å². The number of benzene rings is 1. The van der Waals surface area contributed by atoms with E-state index >= 15 is 0 Å². The summed E-state index contributed by atoms with van der Waals surface area (Å²) in [6, 6.07) is 4.61. The van der Waals surface area contributed by atoms with Crippen molar-refractivity contribution in [2.45, 2.75) is 53.0 Å². The Morgan fingerprint density at radius 2 is 1.95 bits per heavy atom. The van der Waals surface area contributed by atoms with Crippen LogP contribution in [0, 0.1) is 6.92 Å². The first-order valence-electron chi connectivity index (χ1n) is 7.11. The third-order valence-electron chi connectivity index (χ3n) is 3.38. The van der Waals surface area contributed by atoms with E-state index in [1.165, 1.54) is 5.56 Å². The lowest BCUT2D eigenvalue weighted by atomic mass is 10.0. The second-order valence-electron chi connectivity index (χ2n) is 5.41. The van der Waals surface area contributed by atoms with Crippen LogP contribution in [0.2, 0.25) is 5.02 Å². The third kappa shape index (κ3) is 5.04. The Morgan fingerprint density at radius 3 is 2.53 bits per heavy atom. The number of ether oxygens (including phenoxy) is 1. The molecule has 1 rings (SSSR count). The Balaban J connectivity index is 2.64. The molecule has 0 aliphatic heterocycles. The van der Waals surface area contributed by atoms with Crippen molar-refractivity contribution in [1.29, 1.82) is 0 Å². The average molecular weight is 284 g/mol. The summed E-state index contributed by atoms with van der Waals surface area (Å²) in [6.07, 6.45) is 1.14. The first kappa shape index (κ1) is 16.3. The molecule has 0 aromatic heterocycles. The van der Waals surface area contributed by atoms with Crippen molar-refractivity contribution in [3.8, 4) is 5.75 Å². The third-order valence-corrected chi connectivity index (χ3v) is 3.79. The fourth-order valence-electron chi connectivity index (χ4n) is 1.86. The van der Waals surface area contributed by atoms with Gasteiger partial charge < -0.3 is 10.1 Å². The van der Waals surface area contributed by atoms with Gasteiger partial charge in [0.2, 0.25) is 0 Å². The highest BCUT2D eigenvalue weighted by Gasteiger charge is 2.11. The van der Waals surface area contributed by atoms with Crippen LogP contribution in [-0.2, 0) is 0 Å². The Bertz CT molecular complexity index is 404. The summed E-state index contributed by atoms with van der Waals surface area (Å²) in [5.74, 6) is 1.37. The normalized spacial score (nSPS) is 12.8. The minimum atomic E-state index is 0.413. The quantitative estimate of drug-likeness (QED) is 0.742. The zero-order valence-corrected chi connectivity index (χ0v) is 13.5. The molecule has 1 aromatic rings. The maximum absolute atomic E-state index is 6.18. The fourth-order valence-corrected chi connectivity index (χ4v) is 2.03. The molecule has 0 fully saturated rings. The smallest absolute Gasteiger partial charge is 0.123 e. The molecule has 108 valence electrons. The van der Waals surface area contributed by atoms with E-state index in [1.807, 2.05) is 19.1 Å². The van der Waals surface area contributed by atoms with Gasteiger partial charge in [0.15, 0.2) is 0 Å². The van der Waals surface area contributed by atoms with Crippen LogP contribution in [0.3, 0.4) is 0 Å². The molecule has 0 saturated carbocycles. The average Bonchev–Trinajstić information content (AvgIpc) is 2.37. The molecule has 0 heterocycles. The van der Waals surface area contributed by atoms with Gasteiger partial charge in [0.05, 0.1) is 0 Å². The molecule has 1 N–H and O–H groups in total. The van der Waals surface area contributed by atoms with Crippen molar-refractivity contribution in [2.24, 2.45) is 0 Å². The second-order valence-corrected chi connectivity index (χ2v) is 5.81. The number of aryl methyl sites for hydroxylation is 1. The number of hydrogen-bond donors (Lipinski definition) is 1. The summed E-state index contributed by atoms with van der Waals surface area (Å²) in [4.78, 5) is 0. The molecular weight excluding hydrogens is 258 g/mol. The topological polar surface area (TPSA) is 21.3 Å². The minimum absolute atomic E-state index is 0.413. The number of hydrogen-bond acceptors (Lipinski definition) is 2. The van der Waals surface area contributed by atoms with Crippen LogP contribution < -0.4 is 10.1 Å². The first-order valence-corrected chi connectivity index (χ1v) is 7.49. The van der Waals surface area contributed by atoms with E-state index in [0.717, 1.165) is 29.3 Å². The summed E-state index contributed by atoms with van der Waals surface area (Å²) in [5.41, 5.74) is 2.25. The van der Waals surface area contributed by atoms with Gasteiger partial charge in [0, 0.05) is 17.6 Å². The van der Waals surface area contributed by atoms with E-state index in [2.05, 4.69) is 33.0 Å². The molecule has 0 aliphatic carbocycles. The highest BCUT2D eigenvalue weighted by molar-refractivity contribution is 6.31. The number of halogens is 1. The van der Waals surface area contributed by atoms with Crippen LogP contribution in [0.1, 0.15) is 51.2 Å². The lowest BCUT2D eigenvalue weighted by molar-refractivity contribution is 0.302. The van der Waals surface area contributed by atoms with Crippen molar-refractivity contribution in [1.82, 2.24) is 5.32 Å². The molecule has 0 aliphatic rings. The molecule has 1 unspecified atom stereocenters. The molecule has 1 aromatic carbocycles. The molecule has 0 bridgehead atoms. The Kier molecular flexibility index (Phi) is 6.67. The summed E-state index contributed by atoms with van der Waals surface area (Å²) >= 11 is 6.18. The Morgan fingerprint density at radius 1 is 1.26 bits per heavy atom. The predicted molar refractivity (Wildman–Crippen MR) is 83.5 cm³/mol. The van der Waals surface area contributed by atoms with Gasteiger partial charge in [0.25, 0.3) is 0 Å². The zero-order chi connectivity index (χ0) is 14.4. The number of rotatable bonds is 7. The van der Waals surface area contributed by atoms with Gasteiger partial charge in [-0.1, -0.05) is 32.4 Å². The lowest BCUT2D eigenvalue weighted by Crippen LogP contribution is -2.29. The molecule has 0 saturated heterocycles. The lowest BCUT2D eigenvalue weighted by Gasteiger charge is -2.17. The Hall–Kier alpha value is -0.730. The van der Waals surface area contributed by atoms with Crippen LogP contribution in [0.4, 0.5) is 0 Å². The molecule has 0 amide bonds. The summed E-state index contributed by atoms with van der Waals surface area (Å²) in [7, 11) is 0. The van der Waals surface area contributed by atoms with E-state index in [-0.39, 0.29) is 0 Å². The standard InChI is InChI=1S/C16H26ClNO/c1-6-13(5)18-7-8-19-16-9-12(4)15(17)10-14(16)11(2)3/h9-11,13,18H,6-8H2,1-5H3. The van der Waals surface area contributed by atoms with Crippen molar-refractivity contribution in [3.05, 3.63) is 28.3 Å². The molecule has 0 spiro atoms. The molecule has 3 heteroatoms. The fraction of sp³-hybridized carbons (Fsp3) is 0.625. The van der Waals surface area contributed by atoms with E-state index < -0.39 is 0 Å². The summed E-state index contributed by atoms with van der Waals surface area (Å²) in [6.45, 7) is 12.2. The van der Waals surface area contributed by atoms with Gasteiger partial charge in [0.1, 0.15) is 12.4 Å². The molecule has 1 atom stereocenters. The van der Waals surface area contributed by atoms with E-state index in [1.54, 1.807) is 0 Å². The van der Waals surface area contributed by atoms with Crippen LogP contribution >= 0.6 is 11.6 Å². The van der Waals surface area contributed by atoms with Gasteiger partial charge in [-0.05, 0) is 49.4 Å². The second kappa shape index (κ2) is 7.76. The van der Waals surface area contributed by atoms with Crippen molar-refractivity contribution in [2.75, 3.05) is 13.2 Å². The van der Waals surface area contributed by atoms with Gasteiger partial charge in [-0.25, -0.2) is 0 Å². The first-order chi connectivity index (χ1) is 8.95. The van der Waals surface area contributed by atoms with E-state index in [0.29, 0.717) is 18.6 Å². The van der Waals surface area contributed by atoms with Crippen LogP contribution in [-0.4, -0.2) is 19.2 Å². The highest BCUT2D eigenvalue weighted by Crippen LogP contribution is 2.31. The van der Waals surface area contributed by atoms with Gasteiger partial charge in [-0.3, -0.25) is 0 Å². The van der Waals surface area contributed by atoms with Gasteiger partial charge >= 0.3 is 0 Å². The van der Waals surface area contributed by atoms with Crippen LogP contribution in [0.5, 0.6) is 5.75 Å². The highest BCUT2D eigenvalue weighted by atomic mass is 35.5. The summed E-state index contributed by atoms with van der Waals surface area (Å²) < 4.78 is 5.91. The van der Waals surface area contributed by atoms with Crippen molar-refractivity contribution in [3.63, 3.8) is 0 Å². The van der Waals surface area contributed by atoms with Crippen molar-refractivity contribution >= 4 is 11.6 Å². The van der Waals surface area contributed by atoms with E-state index in [9.17, 15) is 0 Å². The molecule has 19 heavy (non-hydrogen) atoms. The maximum atomic E-state index is 6.18. The number of nitrogens with one attached hydrogen (secondary N) is 1. The summed E-state index contributed by atoms with van der Waals surface area (Å²) in [5, 5.41) is 4.24. The minimum Gasteiger partial charge on any atom is -0.492 e. The molecule has 2 nitrogen and oxygen atoms in total. The van der Waals surface area contributed by atoms with E-state index in [4.69, 9.17) is 16.3 Å². The van der Waals surface area contributed by atoms with Gasteiger partial charge in [-0.15, -0.1) is 0 Å². The maximum Gasteiger partial charge on any atom is 0.123 e. The van der Waals surface area contributed by atoms with Crippen LogP contribution in [0.25, 0.3) is 0 Å². The predicted octanol–water partition coefficient (Wildman–Crippen LogP) is 4.54. The largest absolute Gasteiger partial charge is 0.492 e. The Labute approximate surface area is 122 Å². The van der Waals surface area contributed by atoms with Gasteiger partial charge in [-0.2, -0.15) is 0 Å². The zero-order valence-electron chi connectivity index (χ0n) is 12.7.